The molecule has 0 bridgehead atoms. The molecule has 1 aromatic rings. The summed E-state index contributed by atoms with van der Waals surface area (Å²) in [5.74, 6) is 0.00927. The van der Waals surface area contributed by atoms with Crippen LogP contribution in [0, 0.1) is 0 Å². The third-order valence-electron chi connectivity index (χ3n) is 4.68. The van der Waals surface area contributed by atoms with E-state index in [1.54, 1.807) is 4.90 Å². The fraction of sp³-hybridized carbons (Fsp3) is 0.556. The maximum atomic E-state index is 12.5. The average Bonchev–Trinajstić information content (AvgIpc) is 3.36. The molecular weight excluding hydrogens is 370 g/mol. The van der Waals surface area contributed by atoms with Crippen molar-refractivity contribution in [2.45, 2.75) is 43.0 Å². The highest BCUT2D eigenvalue weighted by atomic mass is 32.2. The van der Waals surface area contributed by atoms with Gasteiger partial charge < -0.3 is 15.0 Å². The lowest BCUT2D eigenvalue weighted by molar-refractivity contribution is -0.127. The van der Waals surface area contributed by atoms with Crippen LogP contribution >= 0.6 is 0 Å². The van der Waals surface area contributed by atoms with Crippen molar-refractivity contribution < 1.29 is 22.7 Å². The molecule has 1 saturated carbocycles. The van der Waals surface area contributed by atoms with E-state index < -0.39 is 10.0 Å². The van der Waals surface area contributed by atoms with Gasteiger partial charge in [-0.3, -0.25) is 9.59 Å². The Morgan fingerprint density at radius 1 is 1.33 bits per heavy atom. The van der Waals surface area contributed by atoms with Gasteiger partial charge >= 0.3 is 0 Å². The first-order valence-corrected chi connectivity index (χ1v) is 10.7. The molecule has 1 heterocycles. The molecule has 9 heteroatoms. The third kappa shape index (κ3) is 4.98. The van der Waals surface area contributed by atoms with Crippen LogP contribution < -0.4 is 14.8 Å². The maximum Gasteiger partial charge on any atom is 0.251 e. The molecule has 1 aliphatic heterocycles. The quantitative estimate of drug-likeness (QED) is 0.604. The number of likely N-dealkylation sites (tertiary alicyclic amines) is 1. The van der Waals surface area contributed by atoms with E-state index in [4.69, 9.17) is 4.74 Å². The van der Waals surface area contributed by atoms with Crippen molar-refractivity contribution in [3.63, 3.8) is 0 Å². The van der Waals surface area contributed by atoms with Crippen LogP contribution in [0.4, 0.5) is 0 Å². The Kier molecular flexibility index (Phi) is 6.01. The Morgan fingerprint density at radius 3 is 2.74 bits per heavy atom. The lowest BCUT2D eigenvalue weighted by Crippen LogP contribution is -2.31. The minimum atomic E-state index is -3.74. The van der Waals surface area contributed by atoms with E-state index >= 15 is 0 Å². The van der Waals surface area contributed by atoms with Crippen LogP contribution in [0.1, 0.15) is 42.5 Å². The largest absolute Gasteiger partial charge is 0.495 e. The Bertz CT molecular complexity index is 820. The lowest BCUT2D eigenvalue weighted by atomic mass is 10.2. The van der Waals surface area contributed by atoms with E-state index in [0.717, 1.165) is 25.8 Å². The molecule has 3 rings (SSSR count). The molecule has 1 aromatic carbocycles. The first-order chi connectivity index (χ1) is 12.9. The van der Waals surface area contributed by atoms with Gasteiger partial charge in [0.15, 0.2) is 0 Å². The van der Waals surface area contributed by atoms with E-state index in [9.17, 15) is 18.0 Å². The second-order valence-electron chi connectivity index (χ2n) is 6.85. The highest BCUT2D eigenvalue weighted by Gasteiger charge is 2.30. The normalized spacial score (nSPS) is 17.2. The van der Waals surface area contributed by atoms with Crippen molar-refractivity contribution in [3.05, 3.63) is 23.8 Å². The number of nitrogens with one attached hydrogen (secondary N) is 2. The van der Waals surface area contributed by atoms with E-state index in [-0.39, 0.29) is 34.1 Å². The van der Waals surface area contributed by atoms with E-state index in [0.29, 0.717) is 25.9 Å². The zero-order chi connectivity index (χ0) is 19.4. The van der Waals surface area contributed by atoms with Gasteiger partial charge in [-0.25, -0.2) is 13.1 Å². The van der Waals surface area contributed by atoms with Crippen molar-refractivity contribution in [3.8, 4) is 5.75 Å². The summed E-state index contributed by atoms with van der Waals surface area (Å²) in [6.45, 7) is 1.81. The zero-order valence-electron chi connectivity index (χ0n) is 15.4. The smallest absolute Gasteiger partial charge is 0.251 e. The molecule has 2 aliphatic rings. The van der Waals surface area contributed by atoms with Crippen molar-refractivity contribution in [1.29, 1.82) is 0 Å². The number of benzene rings is 1. The summed E-state index contributed by atoms with van der Waals surface area (Å²) in [5, 5.41) is 2.77. The number of ether oxygens (including phenoxy) is 1. The fourth-order valence-electron chi connectivity index (χ4n) is 3.03. The number of carbonyl (C=O) groups excluding carboxylic acids is 2. The fourth-order valence-corrected chi connectivity index (χ4v) is 4.53. The van der Waals surface area contributed by atoms with Crippen LogP contribution in [0.25, 0.3) is 0 Å². The Balaban J connectivity index is 1.60. The van der Waals surface area contributed by atoms with Gasteiger partial charge in [0.2, 0.25) is 15.9 Å². The van der Waals surface area contributed by atoms with E-state index in [1.807, 2.05) is 0 Å². The topological polar surface area (TPSA) is 105 Å². The summed E-state index contributed by atoms with van der Waals surface area (Å²) in [7, 11) is -2.34. The van der Waals surface area contributed by atoms with Crippen LogP contribution in [-0.4, -0.2) is 57.9 Å². The molecule has 1 saturated heterocycles. The summed E-state index contributed by atoms with van der Waals surface area (Å²) >= 11 is 0. The minimum Gasteiger partial charge on any atom is -0.495 e. The molecule has 2 amide bonds. The SMILES string of the molecule is COc1ccc(C(=O)NCCCN2CCCC2=O)cc1S(=O)(=O)NC1CC1. The summed E-state index contributed by atoms with van der Waals surface area (Å²) in [5.41, 5.74) is 0.254. The van der Waals surface area contributed by atoms with Crippen LogP contribution in [0.5, 0.6) is 5.75 Å². The molecule has 0 radical (unpaired) electrons. The number of methoxy groups -OCH3 is 1. The number of carbonyl (C=O) groups is 2. The van der Waals surface area contributed by atoms with Crippen molar-refractivity contribution in [2.75, 3.05) is 26.7 Å². The van der Waals surface area contributed by atoms with Crippen molar-refractivity contribution in [1.82, 2.24) is 14.9 Å². The van der Waals surface area contributed by atoms with Gasteiger partial charge in [-0.15, -0.1) is 0 Å². The number of hydrogen-bond acceptors (Lipinski definition) is 5. The predicted octanol–water partition coefficient (Wildman–Crippen LogP) is 0.878. The maximum absolute atomic E-state index is 12.5. The first kappa shape index (κ1) is 19.6. The molecular formula is C18H25N3O5S. The standard InChI is InChI=1S/C18H25N3O5S/c1-26-15-8-5-13(12-16(15)27(24,25)20-14-6-7-14)18(23)19-9-3-11-21-10-2-4-17(21)22/h5,8,12,14,20H,2-4,6-7,9-11H2,1H3,(H,19,23). The summed E-state index contributed by atoms with van der Waals surface area (Å²) in [6.07, 6.45) is 3.79. The van der Waals surface area contributed by atoms with Crippen LogP contribution in [0.15, 0.2) is 23.1 Å². The molecule has 8 nitrogen and oxygen atoms in total. The number of sulfonamides is 1. The predicted molar refractivity (Wildman–Crippen MR) is 99.1 cm³/mol. The summed E-state index contributed by atoms with van der Waals surface area (Å²) < 4.78 is 32.8. The van der Waals surface area contributed by atoms with Gasteiger partial charge in [0.25, 0.3) is 5.91 Å². The van der Waals surface area contributed by atoms with Crippen LogP contribution in [-0.2, 0) is 14.8 Å². The van der Waals surface area contributed by atoms with Gasteiger partial charge in [0, 0.05) is 37.7 Å². The molecule has 27 heavy (non-hydrogen) atoms. The number of hydrogen-bond donors (Lipinski definition) is 2. The Morgan fingerprint density at radius 2 is 2.11 bits per heavy atom. The number of rotatable bonds is 9. The molecule has 0 unspecified atom stereocenters. The summed E-state index contributed by atoms with van der Waals surface area (Å²) in [6, 6.07) is 4.32. The second kappa shape index (κ2) is 8.26. The summed E-state index contributed by atoms with van der Waals surface area (Å²) in [4.78, 5) is 25.7. The van der Waals surface area contributed by atoms with Gasteiger partial charge in [-0.1, -0.05) is 0 Å². The highest BCUT2D eigenvalue weighted by Crippen LogP contribution is 2.28. The Labute approximate surface area is 159 Å². The lowest BCUT2D eigenvalue weighted by Gasteiger charge is -2.15. The molecule has 0 atom stereocenters. The monoisotopic (exact) mass is 395 g/mol. The molecule has 1 aliphatic carbocycles. The van der Waals surface area contributed by atoms with Gasteiger partial charge in [-0.05, 0) is 43.9 Å². The van der Waals surface area contributed by atoms with Gasteiger partial charge in [0.1, 0.15) is 10.6 Å². The van der Waals surface area contributed by atoms with Crippen molar-refractivity contribution >= 4 is 21.8 Å². The molecule has 2 fully saturated rings. The minimum absolute atomic E-state index is 0.0350. The van der Waals surface area contributed by atoms with E-state index in [2.05, 4.69) is 10.0 Å². The van der Waals surface area contributed by atoms with Gasteiger partial charge in [0.05, 0.1) is 7.11 Å². The van der Waals surface area contributed by atoms with Gasteiger partial charge in [-0.2, -0.15) is 0 Å². The van der Waals surface area contributed by atoms with Crippen LogP contribution in [0.3, 0.4) is 0 Å². The highest BCUT2D eigenvalue weighted by molar-refractivity contribution is 7.89. The number of amides is 2. The second-order valence-corrected chi connectivity index (χ2v) is 8.54. The Hall–Kier alpha value is -2.13. The third-order valence-corrected chi connectivity index (χ3v) is 6.22. The average molecular weight is 395 g/mol. The zero-order valence-corrected chi connectivity index (χ0v) is 16.2. The molecule has 0 spiro atoms. The van der Waals surface area contributed by atoms with Crippen LogP contribution in [0.2, 0.25) is 0 Å². The first-order valence-electron chi connectivity index (χ1n) is 9.17. The molecule has 2 N–H and O–H groups in total. The number of nitrogens with zero attached hydrogens (tertiary/aromatic N) is 1. The molecule has 148 valence electrons. The van der Waals surface area contributed by atoms with E-state index in [1.165, 1.54) is 25.3 Å². The van der Waals surface area contributed by atoms with Crippen molar-refractivity contribution in [2.24, 2.45) is 0 Å². The molecule has 0 aromatic heterocycles.